The van der Waals surface area contributed by atoms with Crippen LogP contribution in [0.4, 0.5) is 18.0 Å². The molecule has 1 aliphatic carbocycles. The van der Waals surface area contributed by atoms with E-state index in [-0.39, 0.29) is 37.7 Å². The zero-order valence-corrected chi connectivity index (χ0v) is 18.7. The summed E-state index contributed by atoms with van der Waals surface area (Å²) in [5, 5.41) is 0. The topological polar surface area (TPSA) is 38.8 Å². The second-order valence-corrected chi connectivity index (χ2v) is 9.09. The number of hydrogen-bond donors (Lipinski definition) is 0. The first-order chi connectivity index (χ1) is 17.0. The van der Waals surface area contributed by atoms with Crippen molar-refractivity contribution in [1.82, 2.24) is 4.90 Å². The lowest BCUT2D eigenvalue weighted by atomic mass is 9.89. The van der Waals surface area contributed by atoms with Crippen molar-refractivity contribution in [2.45, 2.75) is 24.4 Å². The van der Waals surface area contributed by atoms with Crippen molar-refractivity contribution >= 4 is 11.7 Å². The first-order valence-electron chi connectivity index (χ1n) is 11.6. The molecule has 3 aromatic rings. The summed E-state index contributed by atoms with van der Waals surface area (Å²) in [6, 6.07) is 17.5. The molecule has 2 aliphatic heterocycles. The van der Waals surface area contributed by atoms with Gasteiger partial charge in [0.15, 0.2) is 17.5 Å². The van der Waals surface area contributed by atoms with Gasteiger partial charge in [0, 0.05) is 11.5 Å². The average Bonchev–Trinajstić information content (AvgIpc) is 3.19. The lowest BCUT2D eigenvalue weighted by Gasteiger charge is -2.44. The fourth-order valence-corrected chi connectivity index (χ4v) is 5.52. The van der Waals surface area contributed by atoms with Gasteiger partial charge < -0.3 is 9.47 Å². The van der Waals surface area contributed by atoms with Crippen LogP contribution in [0, 0.1) is 17.5 Å². The molecule has 2 atom stereocenters. The minimum atomic E-state index is -1.50. The number of fused-ring (bicyclic) bond motifs is 5. The predicted molar refractivity (Wildman–Crippen MR) is 124 cm³/mol. The van der Waals surface area contributed by atoms with Gasteiger partial charge in [-0.2, -0.15) is 0 Å². The quantitative estimate of drug-likeness (QED) is 0.441. The lowest BCUT2D eigenvalue weighted by Crippen LogP contribution is -2.56. The number of amides is 1. The van der Waals surface area contributed by atoms with Crippen molar-refractivity contribution in [1.29, 1.82) is 0 Å². The molecule has 2 heterocycles. The van der Waals surface area contributed by atoms with Crippen LogP contribution in [0.5, 0.6) is 0 Å². The van der Waals surface area contributed by atoms with Gasteiger partial charge >= 0.3 is 6.09 Å². The summed E-state index contributed by atoms with van der Waals surface area (Å²) < 4.78 is 53.1. The highest BCUT2D eigenvalue weighted by molar-refractivity contribution is 5.79. The van der Waals surface area contributed by atoms with E-state index in [2.05, 4.69) is 24.3 Å². The summed E-state index contributed by atoms with van der Waals surface area (Å²) in [4.78, 5) is 14.9. The Bertz CT molecular complexity index is 1310. The van der Waals surface area contributed by atoms with Gasteiger partial charge in [-0.15, -0.1) is 0 Å². The largest absolute Gasteiger partial charge is 0.448 e. The molecule has 0 spiro atoms. The Morgan fingerprint density at radius 2 is 1.57 bits per heavy atom. The predicted octanol–water partition coefficient (Wildman–Crippen LogP) is 5.91. The van der Waals surface area contributed by atoms with Crippen molar-refractivity contribution in [3.8, 4) is 11.1 Å². The van der Waals surface area contributed by atoms with Gasteiger partial charge in [0.05, 0.1) is 25.3 Å². The van der Waals surface area contributed by atoms with Gasteiger partial charge in [-0.25, -0.2) is 18.0 Å². The van der Waals surface area contributed by atoms with E-state index >= 15 is 0 Å². The Kier molecular flexibility index (Phi) is 5.37. The number of carbonyl (C=O) groups is 1. The summed E-state index contributed by atoms with van der Waals surface area (Å²) in [7, 11) is 0. The van der Waals surface area contributed by atoms with Gasteiger partial charge in [0.25, 0.3) is 0 Å². The summed E-state index contributed by atoms with van der Waals surface area (Å²) >= 11 is 0. The lowest BCUT2D eigenvalue weighted by molar-refractivity contribution is -0.0331. The molecule has 1 amide bonds. The van der Waals surface area contributed by atoms with E-state index in [9.17, 15) is 18.0 Å². The maximum absolute atomic E-state index is 14.4. The van der Waals surface area contributed by atoms with Crippen LogP contribution in [0.25, 0.3) is 16.7 Å². The van der Waals surface area contributed by atoms with Gasteiger partial charge in [0.1, 0.15) is 6.61 Å². The highest BCUT2D eigenvalue weighted by atomic mass is 19.2. The zero-order valence-electron chi connectivity index (χ0n) is 18.7. The van der Waals surface area contributed by atoms with Crippen LogP contribution >= 0.6 is 0 Å². The third-order valence-corrected chi connectivity index (χ3v) is 7.13. The van der Waals surface area contributed by atoms with Crippen molar-refractivity contribution in [2.75, 3.05) is 19.8 Å². The summed E-state index contributed by atoms with van der Waals surface area (Å²) in [6.45, 7) is 0.664. The van der Waals surface area contributed by atoms with Crippen LogP contribution in [-0.4, -0.2) is 42.9 Å². The Labute approximate surface area is 200 Å². The Balaban J connectivity index is 1.23. The molecule has 6 rings (SSSR count). The number of morpholine rings is 1. The maximum atomic E-state index is 14.4. The number of nitrogens with zero attached hydrogens (tertiary/aromatic N) is 1. The molecule has 4 nitrogen and oxygen atoms in total. The molecule has 1 saturated heterocycles. The number of ether oxygens (including phenoxy) is 2. The van der Waals surface area contributed by atoms with E-state index < -0.39 is 35.6 Å². The van der Waals surface area contributed by atoms with E-state index in [1.54, 1.807) is 11.0 Å². The molecule has 3 aromatic carbocycles. The molecule has 0 N–H and O–H groups in total. The molecule has 2 bridgehead atoms. The number of carbonyl (C=O) groups excluding carboxylic acids is 1. The highest BCUT2D eigenvalue weighted by Crippen LogP contribution is 2.44. The van der Waals surface area contributed by atoms with Gasteiger partial charge in [-0.3, -0.25) is 4.90 Å². The number of halogens is 3. The van der Waals surface area contributed by atoms with E-state index in [0.717, 1.165) is 28.3 Å². The molecule has 35 heavy (non-hydrogen) atoms. The summed E-state index contributed by atoms with van der Waals surface area (Å²) in [6.07, 6.45) is 1.47. The fourth-order valence-electron chi connectivity index (χ4n) is 5.52. The number of rotatable bonds is 3. The zero-order chi connectivity index (χ0) is 24.1. The molecule has 178 valence electrons. The monoisotopic (exact) mass is 477 g/mol. The molecule has 0 aromatic heterocycles. The van der Waals surface area contributed by atoms with E-state index in [1.165, 1.54) is 6.07 Å². The van der Waals surface area contributed by atoms with Crippen molar-refractivity contribution in [2.24, 2.45) is 0 Å². The average molecular weight is 477 g/mol. The van der Waals surface area contributed by atoms with Crippen molar-refractivity contribution in [3.63, 3.8) is 0 Å². The minimum Gasteiger partial charge on any atom is -0.448 e. The first kappa shape index (κ1) is 21.9. The van der Waals surface area contributed by atoms with Crippen LogP contribution in [0.2, 0.25) is 0 Å². The third kappa shape index (κ3) is 3.62. The second kappa shape index (κ2) is 8.57. The molecule has 0 radical (unpaired) electrons. The molecule has 1 fully saturated rings. The second-order valence-electron chi connectivity index (χ2n) is 9.09. The maximum Gasteiger partial charge on any atom is 0.410 e. The Morgan fingerprint density at radius 3 is 2.26 bits per heavy atom. The molecule has 3 aliphatic rings. The SMILES string of the molecule is O=C(OCC1c2ccccc2-c2ccccc21)N1C2C=C(c3ccc(F)c(F)c3F)CC1COC2. The van der Waals surface area contributed by atoms with Gasteiger partial charge in [-0.1, -0.05) is 54.6 Å². The van der Waals surface area contributed by atoms with Crippen LogP contribution in [0.1, 0.15) is 29.0 Å². The standard InChI is InChI=1S/C28H22F3NO3/c29-25-10-9-19(26(30)27(25)31)16-11-17-13-34-14-18(12-16)32(17)28(33)35-15-24-22-7-3-1-5-20(22)21-6-2-4-8-23(21)24/h1-11,17-18,24H,12-15H2. The first-order valence-corrected chi connectivity index (χ1v) is 11.6. The van der Waals surface area contributed by atoms with Crippen molar-refractivity contribution < 1.29 is 27.4 Å². The summed E-state index contributed by atoms with van der Waals surface area (Å²) in [5.41, 5.74) is 5.08. The van der Waals surface area contributed by atoms with Crippen LogP contribution in [-0.2, 0) is 9.47 Å². The molecule has 0 saturated carbocycles. The van der Waals surface area contributed by atoms with Crippen LogP contribution < -0.4 is 0 Å². The molecular weight excluding hydrogens is 455 g/mol. The summed E-state index contributed by atoms with van der Waals surface area (Å²) in [5.74, 6) is -4.00. The molecule has 7 heteroatoms. The molecule has 2 unspecified atom stereocenters. The van der Waals surface area contributed by atoms with Gasteiger partial charge in [0.2, 0.25) is 0 Å². The number of hydrogen-bond acceptors (Lipinski definition) is 3. The minimum absolute atomic E-state index is 0.00740. The van der Waals surface area contributed by atoms with E-state index in [4.69, 9.17) is 9.47 Å². The fraction of sp³-hybridized carbons (Fsp3) is 0.250. The highest BCUT2D eigenvalue weighted by Gasteiger charge is 2.40. The third-order valence-electron chi connectivity index (χ3n) is 7.13. The Hall–Kier alpha value is -3.58. The van der Waals surface area contributed by atoms with Crippen LogP contribution in [0.15, 0.2) is 66.7 Å². The normalized spacial score (nSPS) is 20.8. The molecular formula is C28H22F3NO3. The number of benzene rings is 3. The van der Waals surface area contributed by atoms with Gasteiger partial charge in [-0.05, 0) is 46.4 Å². The van der Waals surface area contributed by atoms with Crippen molar-refractivity contribution in [3.05, 3.63) is 101 Å². The smallest absolute Gasteiger partial charge is 0.410 e. The Morgan fingerprint density at radius 1 is 0.886 bits per heavy atom. The van der Waals surface area contributed by atoms with E-state index in [1.807, 2.05) is 24.3 Å². The van der Waals surface area contributed by atoms with Crippen LogP contribution in [0.3, 0.4) is 0 Å². The van der Waals surface area contributed by atoms with E-state index in [0.29, 0.717) is 5.57 Å².